The summed E-state index contributed by atoms with van der Waals surface area (Å²) in [5.74, 6) is -4.43. The number of carbonyl (C=O) groups excluding carboxylic acids is 1. The molecule has 0 amide bonds. The lowest BCUT2D eigenvalue weighted by Crippen LogP contribution is -2.32. The van der Waals surface area contributed by atoms with Crippen LogP contribution in [0.3, 0.4) is 0 Å². The molecule has 0 aliphatic carbocycles. The van der Waals surface area contributed by atoms with Gasteiger partial charge in [-0.2, -0.15) is 26.3 Å². The summed E-state index contributed by atoms with van der Waals surface area (Å²) >= 11 is 0. The zero-order chi connectivity index (χ0) is 15.3. The van der Waals surface area contributed by atoms with Crippen LogP contribution in [0.2, 0.25) is 0 Å². The molecule has 0 saturated carbocycles. The average Bonchev–Trinajstić information content (AvgIpc) is 2.84. The van der Waals surface area contributed by atoms with Crippen LogP contribution in [-0.2, 0) is 9.53 Å². The standard InChI is InChI=1S/C6H6O.C3F6O.CH2O/c7-6-4-2-1-3-5-6;4-1(2(5,6)7)3(8,9)10-1;1-2/h1-5,7H;;1H2. The molecule has 1 fully saturated rings. The number of epoxide rings is 1. The second-order valence-electron chi connectivity index (χ2n) is 3.05. The first-order valence-electron chi connectivity index (χ1n) is 4.47. The maximum atomic E-state index is 11.7. The number of carbonyl (C=O) groups is 1. The van der Waals surface area contributed by atoms with Crippen molar-refractivity contribution in [3.63, 3.8) is 0 Å². The molecule has 1 unspecified atom stereocenters. The molecular formula is C10H8F6O3. The van der Waals surface area contributed by atoms with E-state index in [1.807, 2.05) is 12.9 Å². The van der Waals surface area contributed by atoms with Crippen molar-refractivity contribution in [1.29, 1.82) is 0 Å². The van der Waals surface area contributed by atoms with E-state index < -0.39 is 18.1 Å². The van der Waals surface area contributed by atoms with E-state index in [4.69, 9.17) is 9.90 Å². The van der Waals surface area contributed by atoms with E-state index in [0.29, 0.717) is 5.75 Å². The van der Waals surface area contributed by atoms with E-state index in [9.17, 15) is 26.3 Å². The molecule has 1 N–H and O–H groups in total. The molecule has 3 nitrogen and oxygen atoms in total. The number of hydrogen-bond acceptors (Lipinski definition) is 3. The predicted molar refractivity (Wildman–Crippen MR) is 51.2 cm³/mol. The summed E-state index contributed by atoms with van der Waals surface area (Å²) in [7, 11) is 0. The first-order valence-corrected chi connectivity index (χ1v) is 4.47. The summed E-state index contributed by atoms with van der Waals surface area (Å²) in [6, 6.07) is 8.71. The fraction of sp³-hybridized carbons (Fsp3) is 0.300. The highest BCUT2D eigenvalue weighted by atomic mass is 19.4. The third kappa shape index (κ3) is 4.12. The Morgan fingerprint density at radius 3 is 1.53 bits per heavy atom. The maximum absolute atomic E-state index is 11.7. The highest BCUT2D eigenvalue weighted by Crippen LogP contribution is 2.60. The minimum atomic E-state index is -5.66. The van der Waals surface area contributed by atoms with Crippen LogP contribution in [0, 0.1) is 0 Å². The van der Waals surface area contributed by atoms with Crippen molar-refractivity contribution >= 4 is 6.79 Å². The fourth-order valence-electron chi connectivity index (χ4n) is 0.802. The minimum Gasteiger partial charge on any atom is -0.508 e. The summed E-state index contributed by atoms with van der Waals surface area (Å²) in [4.78, 5) is 8.00. The molecule has 1 aliphatic rings. The lowest BCUT2D eigenvalue weighted by atomic mass is 10.3. The Hall–Kier alpha value is -1.77. The molecule has 0 aromatic heterocycles. The van der Waals surface area contributed by atoms with E-state index in [-0.39, 0.29) is 0 Å². The zero-order valence-electron chi connectivity index (χ0n) is 9.13. The van der Waals surface area contributed by atoms with Gasteiger partial charge in [0.05, 0.1) is 0 Å². The molecule has 0 bridgehead atoms. The molecule has 19 heavy (non-hydrogen) atoms. The van der Waals surface area contributed by atoms with E-state index in [0.717, 1.165) is 0 Å². The second kappa shape index (κ2) is 5.91. The number of phenolic OH excluding ortho intramolecular Hbond substituents is 1. The number of halogens is 6. The molecule has 0 radical (unpaired) electrons. The smallest absolute Gasteiger partial charge is 0.458 e. The molecule has 1 heterocycles. The summed E-state index contributed by atoms with van der Waals surface area (Å²) < 4.78 is 70.4. The van der Waals surface area contributed by atoms with Gasteiger partial charge >= 0.3 is 18.1 Å². The molecule has 1 aliphatic heterocycles. The van der Waals surface area contributed by atoms with E-state index in [1.54, 1.807) is 24.3 Å². The van der Waals surface area contributed by atoms with Crippen LogP contribution in [-0.4, -0.2) is 30.0 Å². The van der Waals surface area contributed by atoms with E-state index >= 15 is 0 Å². The van der Waals surface area contributed by atoms with Crippen molar-refractivity contribution in [3.8, 4) is 5.75 Å². The van der Waals surface area contributed by atoms with E-state index in [2.05, 4.69) is 4.74 Å². The number of benzene rings is 1. The maximum Gasteiger partial charge on any atom is 0.458 e. The summed E-state index contributed by atoms with van der Waals surface area (Å²) in [5.41, 5.74) is 0. The first-order chi connectivity index (χ1) is 8.60. The normalized spacial score (nSPS) is 23.3. The van der Waals surface area contributed by atoms with Gasteiger partial charge in [0.2, 0.25) is 0 Å². The van der Waals surface area contributed by atoms with Gasteiger partial charge in [-0.15, -0.1) is 0 Å². The predicted octanol–water partition coefficient (Wildman–Crippen LogP) is 3.04. The molecule has 0 spiro atoms. The van der Waals surface area contributed by atoms with Crippen molar-refractivity contribution in [2.24, 2.45) is 0 Å². The summed E-state index contributed by atoms with van der Waals surface area (Å²) in [5, 5.41) is 8.63. The molecule has 1 atom stereocenters. The second-order valence-corrected chi connectivity index (χ2v) is 3.05. The van der Waals surface area contributed by atoms with Crippen molar-refractivity contribution in [1.82, 2.24) is 0 Å². The number of phenols is 1. The summed E-state index contributed by atoms with van der Waals surface area (Å²) in [6.07, 6.45) is -10.4. The molecule has 1 aromatic carbocycles. The molecule has 108 valence electrons. The Balaban J connectivity index is 0.000000316. The Kier molecular flexibility index (Phi) is 5.36. The van der Waals surface area contributed by atoms with Gasteiger partial charge < -0.3 is 9.90 Å². The highest BCUT2D eigenvalue weighted by molar-refractivity contribution is 5.18. The van der Waals surface area contributed by atoms with Gasteiger partial charge in [-0.25, -0.2) is 0 Å². The molecule has 1 saturated heterocycles. The molecule has 2 rings (SSSR count). The number of para-hydroxylation sites is 1. The van der Waals surface area contributed by atoms with Crippen LogP contribution in [0.1, 0.15) is 0 Å². The van der Waals surface area contributed by atoms with Crippen LogP contribution >= 0.6 is 0 Å². The van der Waals surface area contributed by atoms with Crippen molar-refractivity contribution in [3.05, 3.63) is 30.3 Å². The average molecular weight is 290 g/mol. The number of aromatic hydroxyl groups is 1. The topological polar surface area (TPSA) is 49.8 Å². The van der Waals surface area contributed by atoms with Crippen LogP contribution in [0.15, 0.2) is 30.3 Å². The van der Waals surface area contributed by atoms with Gasteiger partial charge in [0.15, 0.2) is 0 Å². The SMILES string of the molecule is C=O.FC(F)(F)C1(F)OC1(F)F.Oc1ccccc1. The van der Waals surface area contributed by atoms with Crippen LogP contribution in [0.5, 0.6) is 5.75 Å². The Morgan fingerprint density at radius 2 is 1.42 bits per heavy atom. The number of alkyl halides is 6. The number of hydrogen-bond donors (Lipinski definition) is 1. The largest absolute Gasteiger partial charge is 0.508 e. The summed E-state index contributed by atoms with van der Waals surface area (Å²) in [6.45, 7) is 2.00. The first kappa shape index (κ1) is 17.2. The van der Waals surface area contributed by atoms with Gasteiger partial charge in [-0.05, 0) is 12.1 Å². The quantitative estimate of drug-likeness (QED) is 0.590. The molecule has 9 heteroatoms. The number of rotatable bonds is 0. The Bertz CT molecular complexity index is 394. The van der Waals surface area contributed by atoms with Gasteiger partial charge in [0, 0.05) is 0 Å². The lowest BCUT2D eigenvalue weighted by molar-refractivity contribution is -0.231. The van der Waals surface area contributed by atoms with Gasteiger partial charge in [0.1, 0.15) is 12.5 Å². The van der Waals surface area contributed by atoms with Crippen LogP contribution in [0.25, 0.3) is 0 Å². The Morgan fingerprint density at radius 1 is 1.05 bits per heavy atom. The third-order valence-corrected chi connectivity index (χ3v) is 1.72. The molecule has 1 aromatic rings. The van der Waals surface area contributed by atoms with Crippen LogP contribution < -0.4 is 0 Å². The van der Waals surface area contributed by atoms with Crippen LogP contribution in [0.4, 0.5) is 26.3 Å². The minimum absolute atomic E-state index is 0.322. The van der Waals surface area contributed by atoms with E-state index in [1.165, 1.54) is 0 Å². The van der Waals surface area contributed by atoms with Gasteiger partial charge in [-0.1, -0.05) is 18.2 Å². The molecular weight excluding hydrogens is 282 g/mol. The van der Waals surface area contributed by atoms with Gasteiger partial charge in [0.25, 0.3) is 0 Å². The van der Waals surface area contributed by atoms with Gasteiger partial charge in [-0.3, -0.25) is 4.74 Å². The number of ether oxygens (including phenoxy) is 1. The Labute approximate surface area is 103 Å². The highest BCUT2D eigenvalue weighted by Gasteiger charge is 2.90. The fourth-order valence-corrected chi connectivity index (χ4v) is 0.802. The van der Waals surface area contributed by atoms with Crippen molar-refractivity contribution in [2.75, 3.05) is 0 Å². The van der Waals surface area contributed by atoms with Crippen molar-refractivity contribution in [2.45, 2.75) is 18.1 Å². The monoisotopic (exact) mass is 290 g/mol. The third-order valence-electron chi connectivity index (χ3n) is 1.72. The zero-order valence-corrected chi connectivity index (χ0v) is 9.13. The van der Waals surface area contributed by atoms with Crippen molar-refractivity contribution < 1.29 is 41.0 Å². The lowest BCUT2D eigenvalue weighted by Gasteiger charge is -2.04.